The lowest BCUT2D eigenvalue weighted by Gasteiger charge is -2.05. The van der Waals surface area contributed by atoms with E-state index in [1.807, 2.05) is 0 Å². The molecule has 3 nitrogen and oxygen atoms in total. The maximum absolute atomic E-state index is 12.8. The second-order valence-corrected chi connectivity index (χ2v) is 2.38. The standard InChI is InChI=1S/C8H5F3O3/c9-4-1-5(10)8(6(11)2-4)14-3-7(12)13/h1-2H,3H2,(H,12,13). The molecule has 14 heavy (non-hydrogen) atoms. The van der Waals surface area contributed by atoms with Crippen LogP contribution >= 0.6 is 0 Å². The first-order valence-electron chi connectivity index (χ1n) is 3.50. The minimum atomic E-state index is -1.38. The van der Waals surface area contributed by atoms with E-state index in [0.717, 1.165) is 0 Å². The second kappa shape index (κ2) is 3.99. The summed E-state index contributed by atoms with van der Waals surface area (Å²) in [6, 6.07) is 0.806. The quantitative estimate of drug-likeness (QED) is 0.816. The molecule has 1 rings (SSSR count). The average molecular weight is 206 g/mol. The number of halogens is 3. The fourth-order valence-corrected chi connectivity index (χ4v) is 0.801. The summed E-state index contributed by atoms with van der Waals surface area (Å²) in [6.45, 7) is -0.889. The van der Waals surface area contributed by atoms with Crippen LogP contribution in [0.15, 0.2) is 12.1 Å². The lowest BCUT2D eigenvalue weighted by Crippen LogP contribution is -2.11. The fourth-order valence-electron chi connectivity index (χ4n) is 0.801. The highest BCUT2D eigenvalue weighted by Gasteiger charge is 2.13. The van der Waals surface area contributed by atoms with Gasteiger partial charge in [-0.05, 0) is 0 Å². The van der Waals surface area contributed by atoms with Crippen molar-refractivity contribution in [2.24, 2.45) is 0 Å². The number of carbonyl (C=O) groups is 1. The summed E-state index contributed by atoms with van der Waals surface area (Å²) in [7, 11) is 0. The molecule has 6 heteroatoms. The Balaban J connectivity index is 2.91. The van der Waals surface area contributed by atoms with Crippen LogP contribution in [0.2, 0.25) is 0 Å². The highest BCUT2D eigenvalue weighted by molar-refractivity contribution is 5.68. The summed E-state index contributed by atoms with van der Waals surface area (Å²) in [5.41, 5.74) is 0. The summed E-state index contributed by atoms with van der Waals surface area (Å²) in [6.07, 6.45) is 0. The highest BCUT2D eigenvalue weighted by atomic mass is 19.1. The molecule has 0 aliphatic carbocycles. The molecule has 0 heterocycles. The SMILES string of the molecule is O=C(O)COc1c(F)cc(F)cc1F. The summed E-state index contributed by atoms with van der Waals surface area (Å²) in [5.74, 6) is -5.92. The van der Waals surface area contributed by atoms with Crippen LogP contribution in [-0.2, 0) is 4.79 Å². The third-order valence-electron chi connectivity index (χ3n) is 1.30. The van der Waals surface area contributed by atoms with Crippen molar-refractivity contribution in [1.29, 1.82) is 0 Å². The minimum Gasteiger partial charge on any atom is -0.479 e. The van der Waals surface area contributed by atoms with Crippen molar-refractivity contribution >= 4 is 5.97 Å². The molecule has 0 saturated carbocycles. The lowest BCUT2D eigenvalue weighted by molar-refractivity contribution is -0.139. The van der Waals surface area contributed by atoms with Crippen LogP contribution in [0.5, 0.6) is 5.75 Å². The predicted octanol–water partition coefficient (Wildman–Crippen LogP) is 1.57. The van der Waals surface area contributed by atoms with Crippen molar-refractivity contribution in [3.63, 3.8) is 0 Å². The summed E-state index contributed by atoms with van der Waals surface area (Å²) in [4.78, 5) is 10.0. The monoisotopic (exact) mass is 206 g/mol. The Kier molecular flexibility index (Phi) is 2.95. The molecule has 1 aromatic rings. The van der Waals surface area contributed by atoms with E-state index >= 15 is 0 Å². The van der Waals surface area contributed by atoms with Crippen LogP contribution in [0.25, 0.3) is 0 Å². The number of ether oxygens (including phenoxy) is 1. The third kappa shape index (κ3) is 2.38. The van der Waals surface area contributed by atoms with Gasteiger partial charge in [0.1, 0.15) is 5.82 Å². The molecule has 0 fully saturated rings. The van der Waals surface area contributed by atoms with Crippen LogP contribution in [-0.4, -0.2) is 17.7 Å². The van der Waals surface area contributed by atoms with Gasteiger partial charge >= 0.3 is 5.97 Å². The Morgan fingerprint density at radius 1 is 1.29 bits per heavy atom. The molecule has 0 aliphatic rings. The van der Waals surface area contributed by atoms with Crippen LogP contribution in [0.1, 0.15) is 0 Å². The van der Waals surface area contributed by atoms with Gasteiger partial charge in [-0.3, -0.25) is 0 Å². The Labute approximate surface area is 76.7 Å². The van der Waals surface area contributed by atoms with E-state index in [0.29, 0.717) is 12.1 Å². The van der Waals surface area contributed by atoms with E-state index in [1.165, 1.54) is 0 Å². The van der Waals surface area contributed by atoms with Gasteiger partial charge in [0.25, 0.3) is 0 Å². The second-order valence-electron chi connectivity index (χ2n) is 2.38. The van der Waals surface area contributed by atoms with Crippen molar-refractivity contribution < 1.29 is 27.8 Å². The largest absolute Gasteiger partial charge is 0.479 e. The number of rotatable bonds is 3. The molecule has 0 unspecified atom stereocenters. The Morgan fingerprint density at radius 2 is 1.79 bits per heavy atom. The summed E-state index contributed by atoms with van der Waals surface area (Å²) < 4.78 is 42.2. The maximum Gasteiger partial charge on any atom is 0.341 e. The van der Waals surface area contributed by atoms with Crippen LogP contribution in [0.4, 0.5) is 13.2 Å². The summed E-state index contributed by atoms with van der Waals surface area (Å²) >= 11 is 0. The predicted molar refractivity (Wildman–Crippen MR) is 39.4 cm³/mol. The van der Waals surface area contributed by atoms with Gasteiger partial charge in [-0.2, -0.15) is 0 Å². The van der Waals surface area contributed by atoms with Gasteiger partial charge in [-0.1, -0.05) is 0 Å². The molecule has 0 aliphatic heterocycles. The van der Waals surface area contributed by atoms with Crippen molar-refractivity contribution in [3.8, 4) is 5.75 Å². The molecule has 1 N–H and O–H groups in total. The van der Waals surface area contributed by atoms with Crippen LogP contribution < -0.4 is 4.74 Å². The van der Waals surface area contributed by atoms with Crippen molar-refractivity contribution in [3.05, 3.63) is 29.6 Å². The van der Waals surface area contributed by atoms with Gasteiger partial charge in [-0.15, -0.1) is 0 Å². The molecule has 0 spiro atoms. The molecule has 76 valence electrons. The minimum absolute atomic E-state index is 0.403. The average Bonchev–Trinajstić information content (AvgIpc) is 2.01. The molecule has 0 bridgehead atoms. The number of hydrogen-bond donors (Lipinski definition) is 1. The number of benzene rings is 1. The van der Waals surface area contributed by atoms with Crippen LogP contribution in [0, 0.1) is 17.5 Å². The maximum atomic E-state index is 12.8. The molecule has 0 saturated heterocycles. The number of aliphatic carboxylic acids is 1. The Bertz CT molecular complexity index is 342. The number of carboxylic acids is 1. The Hall–Kier alpha value is -1.72. The van der Waals surface area contributed by atoms with E-state index in [1.54, 1.807) is 0 Å². The fraction of sp³-hybridized carbons (Fsp3) is 0.125. The molecule has 1 aromatic carbocycles. The highest BCUT2D eigenvalue weighted by Crippen LogP contribution is 2.22. The van der Waals surface area contributed by atoms with Gasteiger partial charge in [0.2, 0.25) is 0 Å². The van der Waals surface area contributed by atoms with Gasteiger partial charge in [-0.25, -0.2) is 18.0 Å². The molecule has 0 aromatic heterocycles. The first kappa shape index (κ1) is 10.4. The number of carboxylic acid groups (broad SMARTS) is 1. The van der Waals surface area contributed by atoms with Gasteiger partial charge in [0, 0.05) is 12.1 Å². The summed E-state index contributed by atoms with van der Waals surface area (Å²) in [5, 5.41) is 8.17. The zero-order valence-corrected chi connectivity index (χ0v) is 6.76. The first-order valence-corrected chi connectivity index (χ1v) is 3.50. The van der Waals surface area contributed by atoms with Crippen LogP contribution in [0.3, 0.4) is 0 Å². The first-order chi connectivity index (χ1) is 6.50. The van der Waals surface area contributed by atoms with Crippen molar-refractivity contribution in [2.75, 3.05) is 6.61 Å². The molecule has 0 atom stereocenters. The van der Waals surface area contributed by atoms with E-state index in [2.05, 4.69) is 4.74 Å². The molecular weight excluding hydrogens is 201 g/mol. The molecule has 0 amide bonds. The smallest absolute Gasteiger partial charge is 0.341 e. The van der Waals surface area contributed by atoms with Crippen molar-refractivity contribution in [1.82, 2.24) is 0 Å². The zero-order chi connectivity index (χ0) is 10.7. The topological polar surface area (TPSA) is 46.5 Å². The number of hydrogen-bond acceptors (Lipinski definition) is 2. The zero-order valence-electron chi connectivity index (χ0n) is 6.76. The normalized spacial score (nSPS) is 9.93. The lowest BCUT2D eigenvalue weighted by atomic mass is 10.3. The molecule has 0 radical (unpaired) electrons. The van der Waals surface area contributed by atoms with E-state index in [-0.39, 0.29) is 0 Å². The van der Waals surface area contributed by atoms with Crippen molar-refractivity contribution in [2.45, 2.75) is 0 Å². The third-order valence-corrected chi connectivity index (χ3v) is 1.30. The van der Waals surface area contributed by atoms with Gasteiger partial charge in [0.05, 0.1) is 0 Å². The molecular formula is C8H5F3O3. The Morgan fingerprint density at radius 3 is 2.21 bits per heavy atom. The van der Waals surface area contributed by atoms with Gasteiger partial charge in [0.15, 0.2) is 24.0 Å². The van der Waals surface area contributed by atoms with E-state index in [9.17, 15) is 18.0 Å². The van der Waals surface area contributed by atoms with Gasteiger partial charge < -0.3 is 9.84 Å². The van der Waals surface area contributed by atoms with E-state index in [4.69, 9.17) is 5.11 Å². The van der Waals surface area contributed by atoms with E-state index < -0.39 is 35.8 Å².